The number of nitrogens with one attached hydrogen (secondary N) is 2. The van der Waals surface area contributed by atoms with E-state index in [-0.39, 0.29) is 17.9 Å². The van der Waals surface area contributed by atoms with Crippen LogP contribution in [0.4, 0.5) is 4.39 Å². The molecular formula is C23H17BrFN3O4. The third kappa shape index (κ3) is 6.58. The van der Waals surface area contributed by atoms with Crippen molar-refractivity contribution in [2.75, 3.05) is 6.54 Å². The van der Waals surface area contributed by atoms with Crippen molar-refractivity contribution in [3.63, 3.8) is 0 Å². The molecule has 0 aliphatic carbocycles. The molecule has 0 spiro atoms. The fraction of sp³-hybridized carbons (Fsp3) is 0.0435. The fourth-order valence-corrected chi connectivity index (χ4v) is 2.90. The Morgan fingerprint density at radius 2 is 1.69 bits per heavy atom. The van der Waals surface area contributed by atoms with Crippen LogP contribution in [-0.4, -0.2) is 30.5 Å². The van der Waals surface area contributed by atoms with Gasteiger partial charge in [-0.2, -0.15) is 5.10 Å². The average Bonchev–Trinajstić information content (AvgIpc) is 2.80. The van der Waals surface area contributed by atoms with Gasteiger partial charge in [-0.25, -0.2) is 14.6 Å². The zero-order valence-electron chi connectivity index (χ0n) is 16.5. The van der Waals surface area contributed by atoms with Crippen LogP contribution in [0.3, 0.4) is 0 Å². The second-order valence-corrected chi connectivity index (χ2v) is 7.34. The van der Waals surface area contributed by atoms with Gasteiger partial charge in [0.15, 0.2) is 0 Å². The number of benzene rings is 3. The maximum Gasteiger partial charge on any atom is 0.343 e. The second-order valence-electron chi connectivity index (χ2n) is 6.42. The summed E-state index contributed by atoms with van der Waals surface area (Å²) in [6.45, 7) is -0.331. The van der Waals surface area contributed by atoms with E-state index in [9.17, 15) is 18.8 Å². The van der Waals surface area contributed by atoms with E-state index in [0.717, 1.165) is 16.6 Å². The minimum Gasteiger partial charge on any atom is -0.422 e. The van der Waals surface area contributed by atoms with Gasteiger partial charge >= 0.3 is 5.97 Å². The summed E-state index contributed by atoms with van der Waals surface area (Å²) >= 11 is 3.34. The Kier molecular flexibility index (Phi) is 7.82. The van der Waals surface area contributed by atoms with Crippen LogP contribution < -0.4 is 15.5 Å². The third-order valence-electron chi connectivity index (χ3n) is 4.09. The van der Waals surface area contributed by atoms with Crippen LogP contribution in [0.5, 0.6) is 5.75 Å². The first-order chi connectivity index (χ1) is 15.4. The first kappa shape index (κ1) is 22.8. The minimum absolute atomic E-state index is 0.224. The molecule has 0 heterocycles. The normalized spacial score (nSPS) is 10.6. The van der Waals surface area contributed by atoms with Crippen molar-refractivity contribution in [1.82, 2.24) is 10.7 Å². The number of rotatable bonds is 7. The highest BCUT2D eigenvalue weighted by molar-refractivity contribution is 9.10. The molecule has 2 N–H and O–H groups in total. The van der Waals surface area contributed by atoms with Gasteiger partial charge in [0.2, 0.25) is 0 Å². The van der Waals surface area contributed by atoms with Crippen LogP contribution in [0.25, 0.3) is 0 Å². The number of hydrogen-bond donors (Lipinski definition) is 2. The SMILES string of the molecule is O=C(CNC(=O)c1ccc(F)cc1)N/N=C\c1cc(Br)ccc1OC(=O)c1ccccc1. The van der Waals surface area contributed by atoms with Crippen LogP contribution >= 0.6 is 15.9 Å². The highest BCUT2D eigenvalue weighted by atomic mass is 79.9. The summed E-state index contributed by atoms with van der Waals surface area (Å²) in [4.78, 5) is 36.2. The zero-order valence-corrected chi connectivity index (χ0v) is 18.1. The van der Waals surface area contributed by atoms with Gasteiger partial charge in [-0.1, -0.05) is 34.1 Å². The molecule has 0 unspecified atom stereocenters. The van der Waals surface area contributed by atoms with E-state index in [0.29, 0.717) is 11.1 Å². The lowest BCUT2D eigenvalue weighted by molar-refractivity contribution is -0.120. The Morgan fingerprint density at radius 1 is 0.969 bits per heavy atom. The van der Waals surface area contributed by atoms with Crippen LogP contribution in [0.1, 0.15) is 26.3 Å². The summed E-state index contributed by atoms with van der Waals surface area (Å²) in [5.74, 6) is -1.84. The number of hydrogen-bond acceptors (Lipinski definition) is 5. The molecule has 162 valence electrons. The van der Waals surface area contributed by atoms with Crippen molar-refractivity contribution in [1.29, 1.82) is 0 Å². The number of amides is 2. The Labute approximate surface area is 191 Å². The molecule has 0 aromatic heterocycles. The van der Waals surface area contributed by atoms with Crippen molar-refractivity contribution < 1.29 is 23.5 Å². The Balaban J connectivity index is 1.57. The lowest BCUT2D eigenvalue weighted by atomic mass is 10.2. The van der Waals surface area contributed by atoms with Gasteiger partial charge in [-0.3, -0.25) is 9.59 Å². The molecule has 0 radical (unpaired) electrons. The first-order valence-corrected chi connectivity index (χ1v) is 10.1. The number of hydrazone groups is 1. The number of esters is 1. The minimum atomic E-state index is -0.575. The van der Waals surface area contributed by atoms with Crippen LogP contribution in [0, 0.1) is 5.82 Å². The van der Waals surface area contributed by atoms with E-state index in [2.05, 4.69) is 31.8 Å². The van der Waals surface area contributed by atoms with Crippen molar-refractivity contribution in [2.24, 2.45) is 5.10 Å². The predicted octanol–water partition coefficient (Wildman–Crippen LogP) is 3.69. The molecule has 0 fully saturated rings. The topological polar surface area (TPSA) is 96.9 Å². The summed E-state index contributed by atoms with van der Waals surface area (Å²) < 4.78 is 19.1. The van der Waals surface area contributed by atoms with Gasteiger partial charge in [0, 0.05) is 15.6 Å². The van der Waals surface area contributed by atoms with Gasteiger partial charge in [-0.05, 0) is 54.6 Å². The highest BCUT2D eigenvalue weighted by Crippen LogP contribution is 2.22. The maximum atomic E-state index is 12.9. The van der Waals surface area contributed by atoms with E-state index in [1.165, 1.54) is 18.3 Å². The van der Waals surface area contributed by atoms with Gasteiger partial charge in [0.25, 0.3) is 11.8 Å². The van der Waals surface area contributed by atoms with Gasteiger partial charge < -0.3 is 10.1 Å². The van der Waals surface area contributed by atoms with Crippen LogP contribution in [0.15, 0.2) is 82.4 Å². The quantitative estimate of drug-likeness (QED) is 0.225. The first-order valence-electron chi connectivity index (χ1n) is 9.35. The monoisotopic (exact) mass is 497 g/mol. The number of halogens is 2. The summed E-state index contributed by atoms with van der Waals surface area (Å²) in [5.41, 5.74) is 3.34. The van der Waals surface area contributed by atoms with Crippen molar-refractivity contribution in [2.45, 2.75) is 0 Å². The molecule has 0 aliphatic heterocycles. The van der Waals surface area contributed by atoms with E-state index in [1.807, 2.05) is 0 Å². The lowest BCUT2D eigenvalue weighted by Gasteiger charge is -2.08. The summed E-state index contributed by atoms with van der Waals surface area (Å²) in [6.07, 6.45) is 1.32. The predicted molar refractivity (Wildman–Crippen MR) is 120 cm³/mol. The maximum absolute atomic E-state index is 12.9. The van der Waals surface area contributed by atoms with Crippen LogP contribution in [0.2, 0.25) is 0 Å². The lowest BCUT2D eigenvalue weighted by Crippen LogP contribution is -2.34. The number of carbonyl (C=O) groups is 3. The fourth-order valence-electron chi connectivity index (χ4n) is 2.52. The molecule has 32 heavy (non-hydrogen) atoms. The summed E-state index contributed by atoms with van der Waals surface area (Å²) in [5, 5.41) is 6.26. The Hall–Kier alpha value is -3.85. The summed E-state index contributed by atoms with van der Waals surface area (Å²) in [7, 11) is 0. The van der Waals surface area contributed by atoms with Gasteiger partial charge in [0.1, 0.15) is 11.6 Å². The molecule has 0 saturated carbocycles. The standard InChI is InChI=1S/C23H17BrFN3O4/c24-18-8-11-20(32-23(31)16-4-2-1-3-5-16)17(12-18)13-27-28-21(29)14-26-22(30)15-6-9-19(25)10-7-15/h1-13H,14H2,(H,26,30)(H,28,29)/b27-13-. The molecule has 0 saturated heterocycles. The molecule has 0 bridgehead atoms. The van der Waals surface area contributed by atoms with E-state index < -0.39 is 23.6 Å². The Morgan fingerprint density at radius 3 is 2.41 bits per heavy atom. The molecule has 3 aromatic carbocycles. The molecule has 2 amide bonds. The number of carbonyl (C=O) groups excluding carboxylic acids is 3. The molecular weight excluding hydrogens is 481 g/mol. The van der Waals surface area contributed by atoms with Crippen molar-refractivity contribution >= 4 is 39.9 Å². The number of ether oxygens (including phenoxy) is 1. The number of nitrogens with zero attached hydrogens (tertiary/aromatic N) is 1. The molecule has 0 aliphatic rings. The molecule has 7 nitrogen and oxygen atoms in total. The van der Waals surface area contributed by atoms with Crippen molar-refractivity contribution in [3.8, 4) is 5.75 Å². The van der Waals surface area contributed by atoms with E-state index >= 15 is 0 Å². The van der Waals surface area contributed by atoms with Crippen LogP contribution in [-0.2, 0) is 4.79 Å². The molecule has 0 atom stereocenters. The molecule has 3 aromatic rings. The highest BCUT2D eigenvalue weighted by Gasteiger charge is 2.12. The van der Waals surface area contributed by atoms with Gasteiger partial charge in [0.05, 0.1) is 18.3 Å². The van der Waals surface area contributed by atoms with E-state index in [1.54, 1.807) is 48.5 Å². The third-order valence-corrected chi connectivity index (χ3v) is 4.59. The van der Waals surface area contributed by atoms with Crippen molar-refractivity contribution in [3.05, 3.63) is 99.8 Å². The average molecular weight is 498 g/mol. The zero-order chi connectivity index (χ0) is 22.9. The summed E-state index contributed by atoms with van der Waals surface area (Å²) in [6, 6.07) is 18.4. The second kappa shape index (κ2) is 11.0. The smallest absolute Gasteiger partial charge is 0.343 e. The van der Waals surface area contributed by atoms with Gasteiger partial charge in [-0.15, -0.1) is 0 Å². The molecule has 9 heteroatoms. The molecule has 3 rings (SSSR count). The largest absolute Gasteiger partial charge is 0.422 e. The Bertz CT molecular complexity index is 1150. The van der Waals surface area contributed by atoms with E-state index in [4.69, 9.17) is 4.74 Å².